The number of halogens is 1. The van der Waals surface area contributed by atoms with Crippen LogP contribution < -0.4 is 0 Å². The fourth-order valence-electron chi connectivity index (χ4n) is 3.17. The van der Waals surface area contributed by atoms with E-state index in [0.29, 0.717) is 26.9 Å². The average molecular weight is 452 g/mol. The highest BCUT2D eigenvalue weighted by atomic mass is 35.5. The molecule has 0 unspecified atom stereocenters. The lowest BCUT2D eigenvalue weighted by Crippen LogP contribution is -2.04. The van der Waals surface area contributed by atoms with E-state index in [1.165, 1.54) is 11.3 Å². The van der Waals surface area contributed by atoms with Crippen molar-refractivity contribution in [3.63, 3.8) is 0 Å². The van der Waals surface area contributed by atoms with E-state index in [2.05, 4.69) is 15.4 Å². The minimum Gasteiger partial charge on any atom is -0.451 e. The summed E-state index contributed by atoms with van der Waals surface area (Å²) in [5.41, 5.74) is 2.06. The Kier molecular flexibility index (Phi) is 5.01. The molecule has 0 N–H and O–H groups in total. The van der Waals surface area contributed by atoms with Crippen LogP contribution in [0.25, 0.3) is 32.8 Å². The molecule has 0 bridgehead atoms. The van der Waals surface area contributed by atoms with E-state index in [4.69, 9.17) is 25.3 Å². The molecule has 0 saturated carbocycles. The summed E-state index contributed by atoms with van der Waals surface area (Å²) in [5.74, 6) is 0.393. The molecule has 0 radical (unpaired) electrons. The molecule has 3 heterocycles. The van der Waals surface area contributed by atoms with Gasteiger partial charge in [0.1, 0.15) is 21.9 Å². The molecule has 0 aliphatic carbocycles. The van der Waals surface area contributed by atoms with Crippen LogP contribution in [0.5, 0.6) is 0 Å². The minimum absolute atomic E-state index is 0.153. The number of rotatable bonds is 5. The lowest BCUT2D eigenvalue weighted by Gasteiger charge is -2.00. The standard InChI is InChI=1S/C22H14ClN3O4S/c1-12-17(19(26-30-12)13-7-3-2-4-8-13)21-25-24-16(29-21)11-28-22(27)20-18(23)14-9-5-6-10-15(14)31-20/h2-10H,11H2,1H3. The van der Waals surface area contributed by atoms with Crippen molar-refractivity contribution in [1.29, 1.82) is 0 Å². The fraction of sp³-hybridized carbons (Fsp3) is 0.0909. The highest BCUT2D eigenvalue weighted by molar-refractivity contribution is 7.21. The number of aryl methyl sites for hydroxylation is 1. The predicted molar refractivity (Wildman–Crippen MR) is 116 cm³/mol. The van der Waals surface area contributed by atoms with Gasteiger partial charge >= 0.3 is 5.97 Å². The molecule has 0 spiro atoms. The van der Waals surface area contributed by atoms with E-state index < -0.39 is 5.97 Å². The van der Waals surface area contributed by atoms with Crippen LogP contribution in [0.2, 0.25) is 5.02 Å². The van der Waals surface area contributed by atoms with Gasteiger partial charge in [-0.1, -0.05) is 65.3 Å². The highest BCUT2D eigenvalue weighted by Gasteiger charge is 2.23. The largest absolute Gasteiger partial charge is 0.451 e. The molecule has 5 rings (SSSR count). The Morgan fingerprint density at radius 2 is 1.87 bits per heavy atom. The number of esters is 1. The Labute approximate surface area is 185 Å². The number of ether oxygens (including phenoxy) is 1. The van der Waals surface area contributed by atoms with Gasteiger partial charge in [-0.25, -0.2) is 4.79 Å². The van der Waals surface area contributed by atoms with Crippen LogP contribution in [0, 0.1) is 6.92 Å². The van der Waals surface area contributed by atoms with Crippen molar-refractivity contribution in [1.82, 2.24) is 15.4 Å². The summed E-state index contributed by atoms with van der Waals surface area (Å²) in [4.78, 5) is 12.9. The third kappa shape index (κ3) is 3.60. The number of aromatic nitrogens is 3. The summed E-state index contributed by atoms with van der Waals surface area (Å²) in [7, 11) is 0. The van der Waals surface area contributed by atoms with Crippen LogP contribution in [-0.2, 0) is 11.3 Å². The molecule has 5 aromatic rings. The lowest BCUT2D eigenvalue weighted by atomic mass is 10.1. The Hall–Kier alpha value is -3.49. The van der Waals surface area contributed by atoms with Gasteiger partial charge in [0.2, 0.25) is 0 Å². The lowest BCUT2D eigenvalue weighted by molar-refractivity contribution is 0.0445. The van der Waals surface area contributed by atoms with E-state index >= 15 is 0 Å². The third-order valence-corrected chi connectivity index (χ3v) is 6.29. The zero-order chi connectivity index (χ0) is 21.4. The molecule has 31 heavy (non-hydrogen) atoms. The number of hydrogen-bond acceptors (Lipinski definition) is 8. The number of thiophene rings is 1. The first-order valence-electron chi connectivity index (χ1n) is 9.30. The monoisotopic (exact) mass is 451 g/mol. The molecule has 0 saturated heterocycles. The Morgan fingerprint density at radius 1 is 1.10 bits per heavy atom. The van der Waals surface area contributed by atoms with Crippen LogP contribution in [-0.4, -0.2) is 21.3 Å². The molecule has 154 valence electrons. The van der Waals surface area contributed by atoms with Gasteiger partial charge in [-0.2, -0.15) is 0 Å². The summed E-state index contributed by atoms with van der Waals surface area (Å²) in [6.45, 7) is 1.59. The van der Waals surface area contributed by atoms with Gasteiger partial charge in [0, 0.05) is 15.6 Å². The summed E-state index contributed by atoms with van der Waals surface area (Å²) in [6, 6.07) is 17.1. The van der Waals surface area contributed by atoms with Crippen LogP contribution in [0.15, 0.2) is 63.5 Å². The van der Waals surface area contributed by atoms with Crippen molar-refractivity contribution in [2.75, 3.05) is 0 Å². The van der Waals surface area contributed by atoms with Crippen molar-refractivity contribution >= 4 is 39.0 Å². The molecule has 0 fully saturated rings. The summed E-state index contributed by atoms with van der Waals surface area (Å²) in [6.07, 6.45) is 0. The first kappa shape index (κ1) is 19.5. The van der Waals surface area contributed by atoms with E-state index in [-0.39, 0.29) is 18.4 Å². The normalized spacial score (nSPS) is 11.2. The molecule has 2 aromatic carbocycles. The molecular formula is C22H14ClN3O4S. The molecule has 0 amide bonds. The second kappa shape index (κ2) is 7.98. The molecule has 9 heteroatoms. The Bertz CT molecular complexity index is 1390. The van der Waals surface area contributed by atoms with E-state index in [9.17, 15) is 4.79 Å². The van der Waals surface area contributed by atoms with Crippen molar-refractivity contribution in [2.24, 2.45) is 0 Å². The average Bonchev–Trinajstić information content (AvgIpc) is 3.50. The number of hydrogen-bond donors (Lipinski definition) is 0. The summed E-state index contributed by atoms with van der Waals surface area (Å²) >= 11 is 7.62. The van der Waals surface area contributed by atoms with Crippen molar-refractivity contribution < 1.29 is 18.5 Å². The molecule has 0 aliphatic rings. The van der Waals surface area contributed by atoms with Crippen LogP contribution >= 0.6 is 22.9 Å². The fourth-order valence-corrected chi connectivity index (χ4v) is 4.57. The van der Waals surface area contributed by atoms with Gasteiger partial charge in [0.15, 0.2) is 6.61 Å². The zero-order valence-corrected chi connectivity index (χ0v) is 17.7. The van der Waals surface area contributed by atoms with E-state index in [1.807, 2.05) is 54.6 Å². The summed E-state index contributed by atoms with van der Waals surface area (Å²) in [5, 5.41) is 13.4. The van der Waals surface area contributed by atoms with Gasteiger partial charge in [-0.3, -0.25) is 0 Å². The molecule has 0 aliphatic heterocycles. The quantitative estimate of drug-likeness (QED) is 0.306. The maximum Gasteiger partial charge on any atom is 0.350 e. The van der Waals surface area contributed by atoms with Gasteiger partial charge in [-0.05, 0) is 13.0 Å². The second-order valence-corrected chi connectivity index (χ2v) is 8.08. The smallest absolute Gasteiger partial charge is 0.350 e. The number of fused-ring (bicyclic) bond motifs is 1. The van der Waals surface area contributed by atoms with Gasteiger partial charge in [-0.15, -0.1) is 21.5 Å². The van der Waals surface area contributed by atoms with Gasteiger partial charge in [0.25, 0.3) is 11.8 Å². The highest BCUT2D eigenvalue weighted by Crippen LogP contribution is 2.36. The van der Waals surface area contributed by atoms with Crippen LogP contribution in [0.4, 0.5) is 0 Å². The minimum atomic E-state index is -0.544. The Balaban J connectivity index is 1.36. The third-order valence-electron chi connectivity index (χ3n) is 4.64. The zero-order valence-electron chi connectivity index (χ0n) is 16.2. The molecule has 7 nitrogen and oxygen atoms in total. The van der Waals surface area contributed by atoms with Gasteiger partial charge < -0.3 is 13.7 Å². The molecule has 3 aromatic heterocycles. The maximum atomic E-state index is 12.5. The van der Waals surface area contributed by atoms with Crippen molar-refractivity contribution in [3.05, 3.63) is 76.1 Å². The van der Waals surface area contributed by atoms with Crippen molar-refractivity contribution in [3.8, 4) is 22.7 Å². The number of carbonyl (C=O) groups is 1. The maximum absolute atomic E-state index is 12.5. The van der Waals surface area contributed by atoms with Crippen LogP contribution in [0.1, 0.15) is 21.3 Å². The van der Waals surface area contributed by atoms with E-state index in [0.717, 1.165) is 15.6 Å². The SMILES string of the molecule is Cc1onc(-c2ccccc2)c1-c1nnc(COC(=O)c2sc3ccccc3c2Cl)o1. The first-order valence-corrected chi connectivity index (χ1v) is 10.5. The van der Waals surface area contributed by atoms with Crippen LogP contribution in [0.3, 0.4) is 0 Å². The van der Waals surface area contributed by atoms with Gasteiger partial charge in [0.05, 0.1) is 5.02 Å². The predicted octanol–water partition coefficient (Wildman–Crippen LogP) is 5.93. The number of carbonyl (C=O) groups excluding carboxylic acids is 1. The summed E-state index contributed by atoms with van der Waals surface area (Å²) < 4.78 is 17.3. The van der Waals surface area contributed by atoms with Crippen molar-refractivity contribution in [2.45, 2.75) is 13.5 Å². The molecule has 0 atom stereocenters. The molecular weight excluding hydrogens is 438 g/mol. The number of benzene rings is 2. The Morgan fingerprint density at radius 3 is 2.68 bits per heavy atom. The second-order valence-electron chi connectivity index (χ2n) is 6.65. The topological polar surface area (TPSA) is 91.3 Å². The first-order chi connectivity index (χ1) is 15.1. The number of nitrogens with zero attached hydrogens (tertiary/aromatic N) is 3. The van der Waals surface area contributed by atoms with E-state index in [1.54, 1.807) is 6.92 Å².